The Morgan fingerprint density at radius 1 is 1.03 bits per heavy atom. The highest BCUT2D eigenvalue weighted by molar-refractivity contribution is 6.21. The summed E-state index contributed by atoms with van der Waals surface area (Å²) in [5, 5.41) is 0.535. The summed E-state index contributed by atoms with van der Waals surface area (Å²) in [6, 6.07) is 6.33. The zero-order valence-electron chi connectivity index (χ0n) is 17.9. The monoisotopic (exact) mass is 428 g/mol. The molecule has 164 valence electrons. The molecule has 3 amide bonds. The highest BCUT2D eigenvalue weighted by Crippen LogP contribution is 2.69. The zero-order chi connectivity index (χ0) is 22.4. The van der Waals surface area contributed by atoms with Crippen LogP contribution >= 0.6 is 0 Å². The van der Waals surface area contributed by atoms with Crippen molar-refractivity contribution < 1.29 is 33.5 Å². The molecule has 4 aliphatic heterocycles. The Labute approximate surface area is 179 Å². The van der Waals surface area contributed by atoms with Crippen molar-refractivity contribution >= 4 is 23.9 Å². The van der Waals surface area contributed by atoms with Gasteiger partial charge in [-0.3, -0.25) is 9.59 Å². The molecule has 1 aliphatic carbocycles. The molecule has 6 rings (SSSR count). The molecule has 5 aliphatic rings. The van der Waals surface area contributed by atoms with Gasteiger partial charge < -0.3 is 19.2 Å². The van der Waals surface area contributed by atoms with Gasteiger partial charge in [-0.2, -0.15) is 0 Å². The maximum atomic E-state index is 13.3. The lowest BCUT2D eigenvalue weighted by molar-refractivity contribution is -0.199. The molecule has 9 heteroatoms. The van der Waals surface area contributed by atoms with E-state index in [1.54, 1.807) is 32.9 Å². The average molecular weight is 428 g/mol. The lowest BCUT2D eigenvalue weighted by Crippen LogP contribution is -2.71. The van der Waals surface area contributed by atoms with Crippen molar-refractivity contribution in [1.29, 1.82) is 0 Å². The molecule has 3 saturated heterocycles. The van der Waals surface area contributed by atoms with Crippen LogP contribution in [0.2, 0.25) is 0 Å². The zero-order valence-corrected chi connectivity index (χ0v) is 17.9. The average Bonchev–Trinajstić information content (AvgIpc) is 3.15. The molecule has 1 aromatic carbocycles. The van der Waals surface area contributed by atoms with Crippen LogP contribution in [0, 0.1) is 5.41 Å². The van der Waals surface area contributed by atoms with Crippen LogP contribution in [0.5, 0.6) is 0 Å². The number of benzene rings is 1. The third-order valence-electron chi connectivity index (χ3n) is 6.53. The van der Waals surface area contributed by atoms with E-state index < -0.39 is 46.1 Å². The number of ether oxygens (including phenoxy) is 2. The van der Waals surface area contributed by atoms with Crippen LogP contribution in [-0.2, 0) is 19.1 Å². The number of hydrogen-bond acceptors (Lipinski definition) is 7. The minimum Gasteiger partial charge on any atom is -0.444 e. The lowest BCUT2D eigenvalue weighted by Gasteiger charge is -2.53. The summed E-state index contributed by atoms with van der Waals surface area (Å²) in [4.78, 5) is 57.7. The summed E-state index contributed by atoms with van der Waals surface area (Å²) in [7, 11) is 0. The van der Waals surface area contributed by atoms with Crippen LogP contribution in [0.1, 0.15) is 61.3 Å². The van der Waals surface area contributed by atoms with Crippen LogP contribution < -0.4 is 0 Å². The second-order valence-corrected chi connectivity index (χ2v) is 10.1. The smallest absolute Gasteiger partial charge is 0.410 e. The fourth-order valence-corrected chi connectivity index (χ4v) is 5.33. The minimum absolute atomic E-state index is 0.189. The van der Waals surface area contributed by atoms with Crippen LogP contribution in [0.4, 0.5) is 4.79 Å². The highest BCUT2D eigenvalue weighted by Gasteiger charge is 2.81. The van der Waals surface area contributed by atoms with Crippen molar-refractivity contribution in [3.8, 4) is 0 Å². The van der Waals surface area contributed by atoms with Gasteiger partial charge in [0, 0.05) is 0 Å². The highest BCUT2D eigenvalue weighted by atomic mass is 16.7. The summed E-state index contributed by atoms with van der Waals surface area (Å²) in [5.41, 5.74) is -2.65. The first-order chi connectivity index (χ1) is 14.4. The van der Waals surface area contributed by atoms with E-state index in [0.29, 0.717) is 17.9 Å². The number of rotatable bonds is 2. The molecule has 0 unspecified atom stereocenters. The van der Waals surface area contributed by atoms with Gasteiger partial charge in [0.05, 0.1) is 29.8 Å². The molecular weight excluding hydrogens is 404 g/mol. The van der Waals surface area contributed by atoms with Crippen LogP contribution in [0.15, 0.2) is 24.3 Å². The Morgan fingerprint density at radius 2 is 1.58 bits per heavy atom. The molecule has 0 aromatic heterocycles. The summed E-state index contributed by atoms with van der Waals surface area (Å²) in [6.07, 6.45) is 0.341. The van der Waals surface area contributed by atoms with Gasteiger partial charge in [0.15, 0.2) is 0 Å². The van der Waals surface area contributed by atoms with Gasteiger partial charge in [0.25, 0.3) is 11.8 Å². The van der Waals surface area contributed by atoms with Gasteiger partial charge in [-0.05, 0) is 52.7 Å². The molecule has 1 aromatic rings. The summed E-state index contributed by atoms with van der Waals surface area (Å²) in [5.74, 6) is -2.00. The van der Waals surface area contributed by atoms with E-state index in [2.05, 4.69) is 0 Å². The minimum atomic E-state index is -1.02. The van der Waals surface area contributed by atoms with Gasteiger partial charge in [0.1, 0.15) is 16.6 Å². The van der Waals surface area contributed by atoms with Crippen molar-refractivity contribution in [3.63, 3.8) is 0 Å². The molecule has 0 radical (unpaired) electrons. The Balaban J connectivity index is 1.33. The molecule has 2 bridgehead atoms. The van der Waals surface area contributed by atoms with E-state index in [0.717, 1.165) is 0 Å². The Hall–Kier alpha value is -2.94. The molecule has 9 nitrogen and oxygen atoms in total. The van der Waals surface area contributed by atoms with E-state index in [4.69, 9.17) is 14.3 Å². The van der Waals surface area contributed by atoms with Gasteiger partial charge in [0.2, 0.25) is 0 Å². The standard InChI is InChI=1S/C22H24N2O7/c1-19(2,3)29-18(28)23-11-22(12-23)21(9-20(4,10-21)31-22)17(27)30-24-15(25)13-7-5-6-8-14(13)16(24)26/h5-8H,9-12H2,1-4H3. The maximum absolute atomic E-state index is 13.3. The van der Waals surface area contributed by atoms with Crippen molar-refractivity contribution in [2.24, 2.45) is 5.41 Å². The van der Waals surface area contributed by atoms with E-state index >= 15 is 0 Å². The molecule has 4 heterocycles. The van der Waals surface area contributed by atoms with Gasteiger partial charge in [-0.25, -0.2) is 9.59 Å². The molecule has 31 heavy (non-hydrogen) atoms. The number of carbonyl (C=O) groups is 4. The van der Waals surface area contributed by atoms with Crippen molar-refractivity contribution in [2.45, 2.75) is 57.3 Å². The van der Waals surface area contributed by atoms with E-state index in [9.17, 15) is 19.2 Å². The number of carbonyl (C=O) groups excluding carboxylic acids is 4. The summed E-state index contributed by atoms with van der Waals surface area (Å²) in [6.45, 7) is 7.64. The van der Waals surface area contributed by atoms with Crippen molar-refractivity contribution in [1.82, 2.24) is 9.96 Å². The molecule has 0 N–H and O–H groups in total. The molecular formula is C22H24N2O7. The van der Waals surface area contributed by atoms with Crippen molar-refractivity contribution in [2.75, 3.05) is 13.1 Å². The number of hydroxylamine groups is 2. The first kappa shape index (κ1) is 20.0. The number of fused-ring (bicyclic) bond motifs is 1. The van der Waals surface area contributed by atoms with Gasteiger partial charge in [-0.15, -0.1) is 0 Å². The molecule has 4 fully saturated rings. The molecule has 0 atom stereocenters. The van der Waals surface area contributed by atoms with Gasteiger partial charge >= 0.3 is 12.1 Å². The number of nitrogens with zero attached hydrogens (tertiary/aromatic N) is 2. The Bertz CT molecular complexity index is 994. The fraction of sp³-hybridized carbons (Fsp3) is 0.545. The SMILES string of the molecule is CC(C)(C)OC(=O)N1CC2(C1)OC1(C)CC2(C(=O)ON2C(=O)c3ccccc3C2=O)C1. The normalized spacial score (nSPS) is 30.1. The van der Waals surface area contributed by atoms with Crippen molar-refractivity contribution in [3.05, 3.63) is 35.4 Å². The fourth-order valence-electron chi connectivity index (χ4n) is 5.33. The predicted molar refractivity (Wildman–Crippen MR) is 105 cm³/mol. The number of imide groups is 1. The summed E-state index contributed by atoms with van der Waals surface area (Å²) < 4.78 is 11.6. The van der Waals surface area contributed by atoms with E-state index in [1.807, 2.05) is 6.92 Å². The Morgan fingerprint density at radius 3 is 2.10 bits per heavy atom. The van der Waals surface area contributed by atoms with E-state index in [1.165, 1.54) is 17.0 Å². The number of hydrogen-bond donors (Lipinski definition) is 0. The summed E-state index contributed by atoms with van der Waals surface area (Å²) >= 11 is 0. The molecule has 1 spiro atoms. The molecule has 1 saturated carbocycles. The van der Waals surface area contributed by atoms with Crippen LogP contribution in [-0.4, -0.2) is 63.7 Å². The lowest BCUT2D eigenvalue weighted by atomic mass is 9.54. The third kappa shape index (κ3) is 2.65. The largest absolute Gasteiger partial charge is 0.444 e. The first-order valence-electron chi connectivity index (χ1n) is 10.3. The van der Waals surface area contributed by atoms with Crippen LogP contribution in [0.3, 0.4) is 0 Å². The van der Waals surface area contributed by atoms with Gasteiger partial charge in [-0.1, -0.05) is 17.2 Å². The second-order valence-electron chi connectivity index (χ2n) is 10.1. The first-order valence-corrected chi connectivity index (χ1v) is 10.3. The van der Waals surface area contributed by atoms with Crippen LogP contribution in [0.25, 0.3) is 0 Å². The predicted octanol–water partition coefficient (Wildman–Crippen LogP) is 2.30. The third-order valence-corrected chi connectivity index (χ3v) is 6.53. The number of likely N-dealkylation sites (tertiary alicyclic amines) is 1. The maximum Gasteiger partial charge on any atom is 0.410 e. The second kappa shape index (κ2) is 5.85. The number of amides is 3. The van der Waals surface area contributed by atoms with E-state index in [-0.39, 0.29) is 24.2 Å². The quantitative estimate of drug-likeness (QED) is 0.666. The topological polar surface area (TPSA) is 102 Å². The Kier molecular flexibility index (Phi) is 3.77.